The van der Waals surface area contributed by atoms with Gasteiger partial charge in [-0.2, -0.15) is 0 Å². The summed E-state index contributed by atoms with van der Waals surface area (Å²) >= 11 is 1.71. The first-order chi connectivity index (χ1) is 11.7. The van der Waals surface area contributed by atoms with Crippen LogP contribution in [-0.2, 0) is 4.74 Å². The fraction of sp³-hybridized carbons (Fsp3) is 0.588. The summed E-state index contributed by atoms with van der Waals surface area (Å²) in [5.74, 6) is 1.26. The van der Waals surface area contributed by atoms with E-state index in [4.69, 9.17) is 10.5 Å². The fourth-order valence-electron chi connectivity index (χ4n) is 2.38. The zero-order valence-electron chi connectivity index (χ0n) is 14.5. The van der Waals surface area contributed by atoms with Crippen molar-refractivity contribution in [2.75, 3.05) is 51.7 Å². The summed E-state index contributed by atoms with van der Waals surface area (Å²) in [6, 6.07) is 6.57. The van der Waals surface area contributed by atoms with Crippen molar-refractivity contribution in [3.63, 3.8) is 0 Å². The average molecular weight is 482 g/mol. The van der Waals surface area contributed by atoms with E-state index in [1.807, 2.05) is 0 Å². The number of aliphatic imine (C=N–C) groups is 1. The molecule has 2 rings (SSSR count). The number of hydrogen-bond acceptors (Lipinski definition) is 4. The van der Waals surface area contributed by atoms with Gasteiger partial charge in [-0.15, -0.1) is 35.7 Å². The maximum atomic E-state index is 12.8. The second kappa shape index (κ2) is 13.6. The molecule has 1 heterocycles. The summed E-state index contributed by atoms with van der Waals surface area (Å²) < 4.78 is 18.1. The van der Waals surface area contributed by atoms with E-state index >= 15 is 0 Å². The van der Waals surface area contributed by atoms with Gasteiger partial charge in [-0.05, 0) is 49.4 Å². The summed E-state index contributed by atoms with van der Waals surface area (Å²) in [4.78, 5) is 7.82. The molecule has 0 amide bonds. The minimum absolute atomic E-state index is 0. The van der Waals surface area contributed by atoms with Crippen LogP contribution in [0.4, 0.5) is 4.39 Å². The quantitative estimate of drug-likeness (QED) is 0.186. The first-order valence-electron chi connectivity index (χ1n) is 8.46. The van der Waals surface area contributed by atoms with Crippen molar-refractivity contribution < 1.29 is 9.13 Å². The minimum atomic E-state index is -0.198. The molecule has 0 spiro atoms. The molecule has 0 unspecified atom stereocenters. The predicted molar refractivity (Wildman–Crippen MR) is 114 cm³/mol. The third kappa shape index (κ3) is 10.2. The molecule has 1 aromatic carbocycles. The molecule has 0 radical (unpaired) electrons. The van der Waals surface area contributed by atoms with Crippen LogP contribution in [0.15, 0.2) is 34.2 Å². The molecule has 0 bridgehead atoms. The topological polar surface area (TPSA) is 62.9 Å². The van der Waals surface area contributed by atoms with Gasteiger partial charge in [0.25, 0.3) is 0 Å². The average Bonchev–Trinajstić information content (AvgIpc) is 2.61. The third-order valence-corrected chi connectivity index (χ3v) is 4.83. The van der Waals surface area contributed by atoms with E-state index in [0.29, 0.717) is 12.5 Å². The summed E-state index contributed by atoms with van der Waals surface area (Å²) in [5, 5.41) is 3.16. The molecular formula is C17H28FIN4OS. The Kier molecular flexibility index (Phi) is 12.2. The van der Waals surface area contributed by atoms with Crippen LogP contribution in [0.5, 0.6) is 0 Å². The van der Waals surface area contributed by atoms with Crippen molar-refractivity contribution in [1.82, 2.24) is 10.2 Å². The zero-order chi connectivity index (χ0) is 17.0. The molecule has 142 valence electrons. The van der Waals surface area contributed by atoms with Gasteiger partial charge in [0.15, 0.2) is 5.96 Å². The number of ether oxygens (including phenoxy) is 1. The van der Waals surface area contributed by atoms with Gasteiger partial charge in [-0.1, -0.05) is 0 Å². The van der Waals surface area contributed by atoms with E-state index in [-0.39, 0.29) is 29.8 Å². The van der Waals surface area contributed by atoms with Gasteiger partial charge in [0, 0.05) is 31.1 Å². The van der Waals surface area contributed by atoms with E-state index in [1.165, 1.54) is 12.1 Å². The number of benzene rings is 1. The SMILES string of the molecule is I.NC(=NCCCSc1ccc(F)cc1)NCCCN1CCOCC1. The van der Waals surface area contributed by atoms with Crippen molar-refractivity contribution >= 4 is 41.7 Å². The van der Waals surface area contributed by atoms with Gasteiger partial charge < -0.3 is 15.8 Å². The highest BCUT2D eigenvalue weighted by Gasteiger charge is 2.08. The molecule has 1 aliphatic heterocycles. The Bertz CT molecular complexity index is 498. The first kappa shape index (κ1) is 22.5. The molecule has 0 saturated carbocycles. The molecule has 8 heteroatoms. The highest BCUT2D eigenvalue weighted by molar-refractivity contribution is 14.0. The van der Waals surface area contributed by atoms with Crippen LogP contribution in [0.25, 0.3) is 0 Å². The maximum Gasteiger partial charge on any atom is 0.188 e. The Hall–Kier alpha value is -0.580. The zero-order valence-corrected chi connectivity index (χ0v) is 17.6. The van der Waals surface area contributed by atoms with Gasteiger partial charge in [-0.3, -0.25) is 9.89 Å². The summed E-state index contributed by atoms with van der Waals surface area (Å²) in [7, 11) is 0. The standard InChI is InChI=1S/C17H27FN4OS.HI/c18-15-3-5-16(6-4-15)24-14-2-8-21-17(19)20-7-1-9-22-10-12-23-13-11-22;/h3-6H,1-2,7-14H2,(H3,19,20,21);1H. The fourth-order valence-corrected chi connectivity index (χ4v) is 3.22. The molecule has 0 aliphatic carbocycles. The van der Waals surface area contributed by atoms with Crippen molar-refractivity contribution in [3.8, 4) is 0 Å². The molecule has 0 aromatic heterocycles. The van der Waals surface area contributed by atoms with Crippen LogP contribution in [0.1, 0.15) is 12.8 Å². The molecular weight excluding hydrogens is 454 g/mol. The van der Waals surface area contributed by atoms with Gasteiger partial charge in [0.1, 0.15) is 5.82 Å². The highest BCUT2D eigenvalue weighted by Crippen LogP contribution is 2.18. The normalized spacial score (nSPS) is 15.6. The summed E-state index contributed by atoms with van der Waals surface area (Å²) in [6.07, 6.45) is 1.99. The molecule has 25 heavy (non-hydrogen) atoms. The Morgan fingerprint density at radius 1 is 1.24 bits per heavy atom. The number of nitrogens with zero attached hydrogens (tertiary/aromatic N) is 2. The first-order valence-corrected chi connectivity index (χ1v) is 9.45. The summed E-state index contributed by atoms with van der Waals surface area (Å²) in [6.45, 7) is 6.34. The van der Waals surface area contributed by atoms with E-state index < -0.39 is 0 Å². The predicted octanol–water partition coefficient (Wildman–Crippen LogP) is 2.55. The molecule has 3 N–H and O–H groups in total. The number of morpholine rings is 1. The van der Waals surface area contributed by atoms with Gasteiger partial charge in [0.2, 0.25) is 0 Å². The Morgan fingerprint density at radius 2 is 1.96 bits per heavy atom. The van der Waals surface area contributed by atoms with Crippen LogP contribution in [0, 0.1) is 5.82 Å². The lowest BCUT2D eigenvalue weighted by Crippen LogP contribution is -2.39. The minimum Gasteiger partial charge on any atom is -0.379 e. The lowest BCUT2D eigenvalue weighted by Gasteiger charge is -2.26. The molecule has 1 fully saturated rings. The van der Waals surface area contributed by atoms with E-state index in [1.54, 1.807) is 23.9 Å². The number of hydrogen-bond donors (Lipinski definition) is 2. The van der Waals surface area contributed by atoms with Crippen LogP contribution in [0.3, 0.4) is 0 Å². The molecule has 1 aliphatic rings. The van der Waals surface area contributed by atoms with Crippen molar-refractivity contribution in [3.05, 3.63) is 30.1 Å². The van der Waals surface area contributed by atoms with Crippen LogP contribution in [-0.4, -0.2) is 62.5 Å². The van der Waals surface area contributed by atoms with Crippen LogP contribution < -0.4 is 11.1 Å². The highest BCUT2D eigenvalue weighted by atomic mass is 127. The number of guanidine groups is 1. The Balaban J connectivity index is 0.00000312. The second-order valence-corrected chi connectivity index (χ2v) is 6.83. The number of nitrogens with two attached hydrogens (primary N) is 1. The Morgan fingerprint density at radius 3 is 2.68 bits per heavy atom. The number of rotatable bonds is 9. The van der Waals surface area contributed by atoms with Crippen LogP contribution in [0.2, 0.25) is 0 Å². The van der Waals surface area contributed by atoms with Gasteiger partial charge in [0.05, 0.1) is 13.2 Å². The van der Waals surface area contributed by atoms with Crippen molar-refractivity contribution in [2.45, 2.75) is 17.7 Å². The van der Waals surface area contributed by atoms with Crippen molar-refractivity contribution in [2.24, 2.45) is 10.7 Å². The number of thioether (sulfide) groups is 1. The van der Waals surface area contributed by atoms with Crippen molar-refractivity contribution in [1.29, 1.82) is 0 Å². The number of halogens is 2. The maximum absolute atomic E-state index is 12.8. The smallest absolute Gasteiger partial charge is 0.188 e. The molecule has 1 saturated heterocycles. The molecule has 5 nitrogen and oxygen atoms in total. The van der Waals surface area contributed by atoms with Gasteiger partial charge >= 0.3 is 0 Å². The van der Waals surface area contributed by atoms with E-state index in [0.717, 1.165) is 62.9 Å². The van der Waals surface area contributed by atoms with E-state index in [2.05, 4.69) is 15.2 Å². The molecule has 0 atom stereocenters. The van der Waals surface area contributed by atoms with Gasteiger partial charge in [-0.25, -0.2) is 4.39 Å². The van der Waals surface area contributed by atoms with Crippen LogP contribution >= 0.6 is 35.7 Å². The summed E-state index contributed by atoms with van der Waals surface area (Å²) in [5.41, 5.74) is 5.86. The van der Waals surface area contributed by atoms with E-state index in [9.17, 15) is 4.39 Å². The second-order valence-electron chi connectivity index (χ2n) is 5.66. The number of nitrogens with one attached hydrogen (secondary N) is 1. The lowest BCUT2D eigenvalue weighted by atomic mass is 10.3. The third-order valence-electron chi connectivity index (χ3n) is 3.73. The molecule has 1 aromatic rings. The largest absolute Gasteiger partial charge is 0.379 e. The monoisotopic (exact) mass is 482 g/mol. The lowest BCUT2D eigenvalue weighted by molar-refractivity contribution is 0.0376. The Labute approximate surface area is 171 Å².